The standard InChI is InChI=1S/C15H18N2O5/c1-3-5-12(18)13(15(21)22-4-2)17-16-11-8-6-10(7-9-11)14(19)20/h6-9,18H,3-5H2,1-2H3,(H,19,20). The first-order valence-corrected chi connectivity index (χ1v) is 6.83. The largest absolute Gasteiger partial charge is 0.510 e. The lowest BCUT2D eigenvalue weighted by Crippen LogP contribution is -2.08. The minimum atomic E-state index is -1.05. The summed E-state index contributed by atoms with van der Waals surface area (Å²) in [5.74, 6) is -1.98. The molecule has 1 aromatic carbocycles. The smallest absolute Gasteiger partial charge is 0.362 e. The maximum absolute atomic E-state index is 11.8. The van der Waals surface area contributed by atoms with Crippen molar-refractivity contribution in [3.8, 4) is 0 Å². The summed E-state index contributed by atoms with van der Waals surface area (Å²) in [7, 11) is 0. The molecule has 118 valence electrons. The molecule has 0 aliphatic heterocycles. The van der Waals surface area contributed by atoms with Gasteiger partial charge in [-0.2, -0.15) is 5.11 Å². The Labute approximate surface area is 127 Å². The molecular weight excluding hydrogens is 288 g/mol. The number of ether oxygens (including phenoxy) is 1. The van der Waals surface area contributed by atoms with Gasteiger partial charge in [0, 0.05) is 6.42 Å². The van der Waals surface area contributed by atoms with Gasteiger partial charge < -0.3 is 14.9 Å². The summed E-state index contributed by atoms with van der Waals surface area (Å²) in [5, 5.41) is 26.2. The predicted molar refractivity (Wildman–Crippen MR) is 79.1 cm³/mol. The molecule has 1 aromatic rings. The molecule has 0 fully saturated rings. The highest BCUT2D eigenvalue weighted by Gasteiger charge is 2.16. The molecular formula is C15H18N2O5. The van der Waals surface area contributed by atoms with Crippen molar-refractivity contribution in [1.82, 2.24) is 0 Å². The molecule has 0 saturated heterocycles. The molecule has 0 aromatic heterocycles. The van der Waals surface area contributed by atoms with E-state index in [0.717, 1.165) is 0 Å². The second-order valence-electron chi connectivity index (χ2n) is 4.32. The third kappa shape index (κ3) is 5.01. The Kier molecular flexibility index (Phi) is 6.75. The van der Waals surface area contributed by atoms with Crippen LogP contribution < -0.4 is 0 Å². The number of nitrogens with zero attached hydrogens (tertiary/aromatic N) is 2. The van der Waals surface area contributed by atoms with Crippen LogP contribution in [0.1, 0.15) is 37.0 Å². The molecule has 0 aliphatic rings. The maximum atomic E-state index is 11.8. The Balaban J connectivity index is 3.00. The number of hydrogen-bond acceptors (Lipinski definition) is 6. The van der Waals surface area contributed by atoms with Gasteiger partial charge in [-0.25, -0.2) is 9.59 Å². The van der Waals surface area contributed by atoms with Gasteiger partial charge in [-0.1, -0.05) is 6.92 Å². The molecule has 1 rings (SSSR count). The fraction of sp³-hybridized carbons (Fsp3) is 0.333. The van der Waals surface area contributed by atoms with Crippen LogP contribution >= 0.6 is 0 Å². The molecule has 7 heteroatoms. The third-order valence-corrected chi connectivity index (χ3v) is 2.61. The van der Waals surface area contributed by atoms with Gasteiger partial charge in [0.05, 0.1) is 17.9 Å². The number of aromatic carboxylic acids is 1. The molecule has 0 amide bonds. The first-order chi connectivity index (χ1) is 10.5. The van der Waals surface area contributed by atoms with E-state index in [2.05, 4.69) is 10.2 Å². The van der Waals surface area contributed by atoms with Crippen molar-refractivity contribution in [3.05, 3.63) is 41.3 Å². The highest BCUT2D eigenvalue weighted by atomic mass is 16.5. The molecule has 2 N–H and O–H groups in total. The predicted octanol–water partition coefficient (Wildman–Crippen LogP) is 3.60. The van der Waals surface area contributed by atoms with Crippen LogP contribution in [0.25, 0.3) is 0 Å². The summed E-state index contributed by atoms with van der Waals surface area (Å²) in [6, 6.07) is 5.64. The van der Waals surface area contributed by atoms with E-state index in [-0.39, 0.29) is 30.0 Å². The van der Waals surface area contributed by atoms with Crippen LogP contribution in [-0.2, 0) is 9.53 Å². The zero-order chi connectivity index (χ0) is 16.5. The first-order valence-electron chi connectivity index (χ1n) is 6.83. The lowest BCUT2D eigenvalue weighted by molar-refractivity contribution is -0.138. The normalized spacial score (nSPS) is 12.1. The summed E-state index contributed by atoms with van der Waals surface area (Å²) in [6.07, 6.45) is 0.919. The Bertz CT molecular complexity index is 590. The summed E-state index contributed by atoms with van der Waals surface area (Å²) in [4.78, 5) is 22.5. The maximum Gasteiger partial charge on any atom is 0.362 e. The van der Waals surface area contributed by atoms with Gasteiger partial charge in [0.2, 0.25) is 5.70 Å². The molecule has 22 heavy (non-hydrogen) atoms. The van der Waals surface area contributed by atoms with Gasteiger partial charge in [-0.3, -0.25) is 0 Å². The van der Waals surface area contributed by atoms with Gasteiger partial charge in [0.25, 0.3) is 0 Å². The van der Waals surface area contributed by atoms with Crippen LogP contribution in [0.4, 0.5) is 5.69 Å². The Morgan fingerprint density at radius 2 is 1.77 bits per heavy atom. The topological polar surface area (TPSA) is 109 Å². The Hall–Kier alpha value is -2.70. The third-order valence-electron chi connectivity index (χ3n) is 2.61. The Morgan fingerprint density at radius 3 is 2.27 bits per heavy atom. The number of esters is 1. The number of aliphatic hydroxyl groups excluding tert-OH is 1. The van der Waals surface area contributed by atoms with E-state index in [1.807, 2.05) is 6.92 Å². The fourth-order valence-electron chi connectivity index (χ4n) is 1.55. The minimum absolute atomic E-state index is 0.119. The zero-order valence-electron chi connectivity index (χ0n) is 12.4. The monoisotopic (exact) mass is 306 g/mol. The van der Waals surface area contributed by atoms with E-state index in [4.69, 9.17) is 9.84 Å². The van der Waals surface area contributed by atoms with Gasteiger partial charge in [0.15, 0.2) is 0 Å². The first kappa shape index (κ1) is 17.4. The van der Waals surface area contributed by atoms with Gasteiger partial charge in [0.1, 0.15) is 5.76 Å². The van der Waals surface area contributed by atoms with Crippen LogP contribution in [0, 0.1) is 0 Å². The molecule has 0 bridgehead atoms. The molecule has 0 saturated carbocycles. The van der Waals surface area contributed by atoms with Crippen molar-refractivity contribution in [2.24, 2.45) is 10.2 Å². The molecule has 0 unspecified atom stereocenters. The van der Waals surface area contributed by atoms with Crippen molar-refractivity contribution in [2.75, 3.05) is 6.61 Å². The lowest BCUT2D eigenvalue weighted by Gasteiger charge is -2.04. The van der Waals surface area contributed by atoms with Gasteiger partial charge in [-0.15, -0.1) is 5.11 Å². The second-order valence-corrected chi connectivity index (χ2v) is 4.32. The average Bonchev–Trinajstić information content (AvgIpc) is 2.48. The van der Waals surface area contributed by atoms with E-state index in [9.17, 15) is 14.7 Å². The van der Waals surface area contributed by atoms with Crippen LogP contribution in [-0.4, -0.2) is 28.8 Å². The molecule has 0 radical (unpaired) electrons. The quantitative estimate of drug-likeness (QED) is 0.346. The lowest BCUT2D eigenvalue weighted by atomic mass is 10.2. The number of hydrogen-bond donors (Lipinski definition) is 2. The zero-order valence-corrected chi connectivity index (χ0v) is 12.4. The number of aliphatic hydroxyl groups is 1. The number of carboxylic acid groups (broad SMARTS) is 1. The van der Waals surface area contributed by atoms with E-state index in [1.54, 1.807) is 6.92 Å². The molecule has 7 nitrogen and oxygen atoms in total. The molecule has 0 spiro atoms. The van der Waals surface area contributed by atoms with Crippen molar-refractivity contribution in [3.63, 3.8) is 0 Å². The summed E-state index contributed by atoms with van der Waals surface area (Å²) < 4.78 is 4.82. The highest BCUT2D eigenvalue weighted by molar-refractivity contribution is 5.88. The summed E-state index contributed by atoms with van der Waals surface area (Å²) in [5.41, 5.74) is 0.232. The van der Waals surface area contributed by atoms with Crippen molar-refractivity contribution < 1.29 is 24.5 Å². The number of carboxylic acids is 1. The Morgan fingerprint density at radius 1 is 1.14 bits per heavy atom. The van der Waals surface area contributed by atoms with Crippen LogP contribution in [0.3, 0.4) is 0 Å². The van der Waals surface area contributed by atoms with E-state index in [1.165, 1.54) is 24.3 Å². The molecule has 0 heterocycles. The number of azo groups is 1. The number of rotatable bonds is 7. The van der Waals surface area contributed by atoms with E-state index in [0.29, 0.717) is 12.1 Å². The summed E-state index contributed by atoms with van der Waals surface area (Å²) in [6.45, 7) is 3.65. The highest BCUT2D eigenvalue weighted by Crippen LogP contribution is 2.18. The SMILES string of the molecule is CCCC(O)=C(N=Nc1ccc(C(=O)O)cc1)C(=O)OCC. The van der Waals surface area contributed by atoms with Crippen molar-refractivity contribution in [1.29, 1.82) is 0 Å². The van der Waals surface area contributed by atoms with Gasteiger partial charge >= 0.3 is 11.9 Å². The van der Waals surface area contributed by atoms with Crippen LogP contribution in [0.2, 0.25) is 0 Å². The fourth-order valence-corrected chi connectivity index (χ4v) is 1.55. The van der Waals surface area contributed by atoms with Crippen molar-refractivity contribution in [2.45, 2.75) is 26.7 Å². The van der Waals surface area contributed by atoms with E-state index < -0.39 is 11.9 Å². The number of benzene rings is 1. The molecule has 0 aliphatic carbocycles. The number of carbonyl (C=O) groups excluding carboxylic acids is 1. The number of allylic oxidation sites excluding steroid dienone is 1. The average molecular weight is 306 g/mol. The molecule has 0 atom stereocenters. The minimum Gasteiger partial charge on any atom is -0.510 e. The van der Waals surface area contributed by atoms with Crippen LogP contribution in [0.5, 0.6) is 0 Å². The summed E-state index contributed by atoms with van der Waals surface area (Å²) >= 11 is 0. The van der Waals surface area contributed by atoms with E-state index >= 15 is 0 Å². The van der Waals surface area contributed by atoms with Crippen LogP contribution in [0.15, 0.2) is 46.0 Å². The second kappa shape index (κ2) is 8.56. The van der Waals surface area contributed by atoms with Crippen molar-refractivity contribution >= 4 is 17.6 Å². The number of carbonyl (C=O) groups is 2. The van der Waals surface area contributed by atoms with Gasteiger partial charge in [-0.05, 0) is 37.6 Å².